The monoisotopic (exact) mass is 176 g/mol. The standard InChI is InChI=1S/C9H17FO2/c1-3-4-7-11-9(2)6-5-8-12-10/h5,8-9H,3-4,6-7H2,1-2H3. The fraction of sp³-hybridized carbons (Fsp3) is 0.778. The van der Waals surface area contributed by atoms with Gasteiger partial charge < -0.3 is 9.68 Å². The molecule has 0 aromatic carbocycles. The molecule has 0 spiro atoms. The molecule has 0 fully saturated rings. The van der Waals surface area contributed by atoms with Crippen LogP contribution in [0.4, 0.5) is 4.53 Å². The van der Waals surface area contributed by atoms with Crippen LogP contribution in [0.15, 0.2) is 12.3 Å². The second-order valence-electron chi connectivity index (χ2n) is 2.73. The number of unbranched alkanes of at least 4 members (excludes halogenated alkanes) is 1. The van der Waals surface area contributed by atoms with Gasteiger partial charge in [0.25, 0.3) is 0 Å². The molecular weight excluding hydrogens is 159 g/mol. The summed E-state index contributed by atoms with van der Waals surface area (Å²) in [6, 6.07) is 0. The quantitative estimate of drug-likeness (QED) is 0.438. The van der Waals surface area contributed by atoms with Crippen LogP contribution in [0.2, 0.25) is 0 Å². The molecule has 0 amide bonds. The van der Waals surface area contributed by atoms with Crippen molar-refractivity contribution in [2.24, 2.45) is 0 Å². The average molecular weight is 176 g/mol. The van der Waals surface area contributed by atoms with Gasteiger partial charge in [-0.05, 0) is 25.8 Å². The number of hydrogen-bond donors (Lipinski definition) is 0. The summed E-state index contributed by atoms with van der Waals surface area (Å²) in [4.78, 5) is 3.28. The summed E-state index contributed by atoms with van der Waals surface area (Å²) < 4.78 is 16.5. The Balaban J connectivity index is 3.21. The van der Waals surface area contributed by atoms with Gasteiger partial charge in [0.15, 0.2) is 0 Å². The first kappa shape index (κ1) is 11.4. The molecule has 0 aromatic heterocycles. The highest BCUT2D eigenvalue weighted by molar-refractivity contribution is 4.75. The van der Waals surface area contributed by atoms with Gasteiger partial charge in [0.05, 0.1) is 6.10 Å². The lowest BCUT2D eigenvalue weighted by Crippen LogP contribution is -2.07. The Morgan fingerprint density at radius 3 is 2.83 bits per heavy atom. The molecule has 0 saturated heterocycles. The first-order valence-electron chi connectivity index (χ1n) is 4.35. The van der Waals surface area contributed by atoms with E-state index in [0.717, 1.165) is 25.7 Å². The fourth-order valence-electron chi connectivity index (χ4n) is 0.780. The number of halogens is 1. The maximum absolute atomic E-state index is 11.1. The molecule has 0 bridgehead atoms. The molecule has 0 saturated carbocycles. The average Bonchev–Trinajstić information content (AvgIpc) is 2.06. The summed E-state index contributed by atoms with van der Waals surface area (Å²) in [5.41, 5.74) is 0. The van der Waals surface area contributed by atoms with Crippen LogP contribution < -0.4 is 0 Å². The highest BCUT2D eigenvalue weighted by Crippen LogP contribution is 2.00. The van der Waals surface area contributed by atoms with Gasteiger partial charge in [-0.2, -0.15) is 0 Å². The van der Waals surface area contributed by atoms with Crippen molar-refractivity contribution in [1.29, 1.82) is 0 Å². The van der Waals surface area contributed by atoms with Gasteiger partial charge in [-0.25, -0.2) is 0 Å². The largest absolute Gasteiger partial charge is 0.378 e. The van der Waals surface area contributed by atoms with Crippen LogP contribution in [0.25, 0.3) is 0 Å². The minimum Gasteiger partial charge on any atom is -0.378 e. The summed E-state index contributed by atoms with van der Waals surface area (Å²) >= 11 is 0. The van der Waals surface area contributed by atoms with E-state index in [2.05, 4.69) is 11.9 Å². The van der Waals surface area contributed by atoms with Crippen LogP contribution >= 0.6 is 0 Å². The molecule has 0 heterocycles. The van der Waals surface area contributed by atoms with Crippen LogP contribution in [-0.4, -0.2) is 12.7 Å². The third-order valence-electron chi connectivity index (χ3n) is 1.52. The summed E-state index contributed by atoms with van der Waals surface area (Å²) in [5.74, 6) is 0. The van der Waals surface area contributed by atoms with Crippen LogP contribution in [0.3, 0.4) is 0 Å². The Kier molecular flexibility index (Phi) is 8.12. The Hall–Kier alpha value is -0.570. The van der Waals surface area contributed by atoms with Gasteiger partial charge in [0.2, 0.25) is 0 Å². The summed E-state index contributed by atoms with van der Waals surface area (Å²) in [6.07, 6.45) is 5.68. The Morgan fingerprint density at radius 1 is 1.50 bits per heavy atom. The Morgan fingerprint density at radius 2 is 2.25 bits per heavy atom. The van der Waals surface area contributed by atoms with Crippen LogP contribution in [0.1, 0.15) is 33.1 Å². The van der Waals surface area contributed by atoms with Crippen molar-refractivity contribution in [1.82, 2.24) is 0 Å². The molecule has 2 nitrogen and oxygen atoms in total. The summed E-state index contributed by atoms with van der Waals surface area (Å²) in [6.45, 7) is 4.85. The first-order chi connectivity index (χ1) is 5.81. The number of hydrogen-bond acceptors (Lipinski definition) is 2. The third-order valence-corrected chi connectivity index (χ3v) is 1.52. The lowest BCUT2D eigenvalue weighted by Gasteiger charge is -2.09. The topological polar surface area (TPSA) is 18.5 Å². The molecule has 0 rings (SSSR count). The number of rotatable bonds is 7. The van der Waals surface area contributed by atoms with Crippen molar-refractivity contribution in [3.63, 3.8) is 0 Å². The van der Waals surface area contributed by atoms with Crippen LogP contribution in [0.5, 0.6) is 0 Å². The molecule has 3 heteroatoms. The van der Waals surface area contributed by atoms with Crippen LogP contribution in [-0.2, 0) is 9.68 Å². The first-order valence-corrected chi connectivity index (χ1v) is 4.35. The maximum atomic E-state index is 11.1. The molecule has 0 radical (unpaired) electrons. The van der Waals surface area contributed by atoms with Crippen molar-refractivity contribution in [3.05, 3.63) is 12.3 Å². The van der Waals surface area contributed by atoms with E-state index in [1.165, 1.54) is 0 Å². The van der Waals surface area contributed by atoms with Gasteiger partial charge >= 0.3 is 0 Å². The SMILES string of the molecule is CCCCOC(C)CC=COF. The smallest absolute Gasteiger partial charge is 0.132 e. The predicted molar refractivity (Wildman–Crippen MR) is 46.3 cm³/mol. The van der Waals surface area contributed by atoms with Crippen molar-refractivity contribution >= 4 is 0 Å². The van der Waals surface area contributed by atoms with Gasteiger partial charge in [-0.1, -0.05) is 13.3 Å². The van der Waals surface area contributed by atoms with E-state index in [1.807, 2.05) is 6.92 Å². The van der Waals surface area contributed by atoms with Gasteiger partial charge in [-0.3, -0.25) is 0 Å². The van der Waals surface area contributed by atoms with Crippen molar-refractivity contribution in [2.45, 2.75) is 39.2 Å². The Labute approximate surface area is 73.3 Å². The van der Waals surface area contributed by atoms with E-state index in [4.69, 9.17) is 4.74 Å². The molecule has 1 unspecified atom stereocenters. The minimum atomic E-state index is 0.142. The fourth-order valence-corrected chi connectivity index (χ4v) is 0.780. The highest BCUT2D eigenvalue weighted by Gasteiger charge is 1.97. The van der Waals surface area contributed by atoms with Gasteiger partial charge in [0, 0.05) is 11.1 Å². The molecule has 0 aliphatic carbocycles. The zero-order valence-corrected chi connectivity index (χ0v) is 7.75. The molecule has 0 N–H and O–H groups in total. The minimum absolute atomic E-state index is 0.142. The van der Waals surface area contributed by atoms with E-state index in [0.29, 0.717) is 6.42 Å². The molecule has 0 aliphatic rings. The van der Waals surface area contributed by atoms with Gasteiger partial charge in [-0.15, -0.1) is 0 Å². The van der Waals surface area contributed by atoms with Gasteiger partial charge in [0.1, 0.15) is 6.26 Å². The number of ether oxygens (including phenoxy) is 1. The summed E-state index contributed by atoms with van der Waals surface area (Å²) in [7, 11) is 0. The van der Waals surface area contributed by atoms with Crippen molar-refractivity contribution in [2.75, 3.05) is 6.61 Å². The van der Waals surface area contributed by atoms with Crippen LogP contribution in [0, 0.1) is 0 Å². The Bertz CT molecular complexity index is 115. The molecule has 0 aromatic rings. The molecule has 12 heavy (non-hydrogen) atoms. The molecule has 0 aliphatic heterocycles. The van der Waals surface area contributed by atoms with E-state index >= 15 is 0 Å². The molecule has 72 valence electrons. The lowest BCUT2D eigenvalue weighted by molar-refractivity contribution is -0.0625. The lowest BCUT2D eigenvalue weighted by atomic mass is 10.3. The van der Waals surface area contributed by atoms with Crippen molar-refractivity contribution < 1.29 is 14.2 Å². The highest BCUT2D eigenvalue weighted by atomic mass is 19.3. The molecule has 1 atom stereocenters. The van der Waals surface area contributed by atoms with Crippen molar-refractivity contribution in [3.8, 4) is 0 Å². The summed E-state index contributed by atoms with van der Waals surface area (Å²) in [5, 5.41) is 0. The van der Waals surface area contributed by atoms with E-state index in [1.54, 1.807) is 6.08 Å². The maximum Gasteiger partial charge on any atom is 0.132 e. The predicted octanol–water partition coefficient (Wildman–Crippen LogP) is 3.00. The second kappa shape index (κ2) is 8.53. The zero-order chi connectivity index (χ0) is 9.23. The van der Waals surface area contributed by atoms with E-state index in [9.17, 15) is 4.53 Å². The van der Waals surface area contributed by atoms with E-state index < -0.39 is 0 Å². The third kappa shape index (κ3) is 7.54. The molecular formula is C9H17FO2. The zero-order valence-electron chi connectivity index (χ0n) is 7.75. The van der Waals surface area contributed by atoms with E-state index in [-0.39, 0.29) is 6.10 Å². The second-order valence-corrected chi connectivity index (χ2v) is 2.73. The normalized spacial score (nSPS) is 13.6.